The predicted molar refractivity (Wildman–Crippen MR) is 102 cm³/mol. The van der Waals surface area contributed by atoms with E-state index in [1.807, 2.05) is 0 Å². The Morgan fingerprint density at radius 3 is 2.52 bits per heavy atom. The van der Waals surface area contributed by atoms with Gasteiger partial charge in [0.05, 0.1) is 13.3 Å². The summed E-state index contributed by atoms with van der Waals surface area (Å²) in [5.74, 6) is 1.50. The smallest absolute Gasteiger partial charge is 0.346 e. The summed E-state index contributed by atoms with van der Waals surface area (Å²) in [6, 6.07) is 6.61. The lowest BCUT2D eigenvalue weighted by Crippen LogP contribution is -2.48. The molecule has 1 aromatic rings. The molecule has 4 aliphatic rings. The second kappa shape index (κ2) is 5.94. The summed E-state index contributed by atoms with van der Waals surface area (Å²) in [4.78, 5) is 25.4. The van der Waals surface area contributed by atoms with E-state index >= 15 is 0 Å². The van der Waals surface area contributed by atoms with E-state index in [-0.39, 0.29) is 11.3 Å². The summed E-state index contributed by atoms with van der Waals surface area (Å²) in [7, 11) is 1.58. The Morgan fingerprint density at radius 2 is 1.93 bits per heavy atom. The Morgan fingerprint density at radius 1 is 1.22 bits per heavy atom. The van der Waals surface area contributed by atoms with Crippen LogP contribution in [0.15, 0.2) is 41.0 Å². The largest absolute Gasteiger partial charge is 0.497 e. The highest BCUT2D eigenvalue weighted by atomic mass is 16.5. The molecule has 0 radical (unpaired) electrons. The normalized spacial score (nSPS) is 31.6. The van der Waals surface area contributed by atoms with Gasteiger partial charge in [0.25, 0.3) is 5.91 Å². The van der Waals surface area contributed by atoms with Crippen LogP contribution in [0.1, 0.15) is 39.2 Å². The van der Waals surface area contributed by atoms with Crippen molar-refractivity contribution in [2.24, 2.45) is 22.4 Å². The fraction of sp³-hybridized carbons (Fsp3) is 0.476. The molecule has 3 aliphatic carbocycles. The van der Waals surface area contributed by atoms with Crippen molar-refractivity contribution in [2.45, 2.75) is 39.2 Å². The number of hydrogen-bond acceptors (Lipinski definition) is 4. The lowest BCUT2D eigenvalue weighted by Gasteiger charge is -2.55. The number of nitrogens with one attached hydrogen (secondary N) is 1. The Bertz CT molecular complexity index is 856. The van der Waals surface area contributed by atoms with Crippen LogP contribution < -0.4 is 10.1 Å². The maximum atomic E-state index is 13.0. The Hall–Kier alpha value is -2.63. The average molecular weight is 367 g/mol. The number of methoxy groups -OCH3 is 1. The molecule has 2 fully saturated rings. The Balaban J connectivity index is 1.55. The number of fused-ring (bicyclic) bond motifs is 1. The first-order chi connectivity index (χ1) is 12.8. The van der Waals surface area contributed by atoms with Crippen molar-refractivity contribution in [3.05, 3.63) is 41.5 Å². The second-order valence-electron chi connectivity index (χ2n) is 8.39. The van der Waals surface area contributed by atoms with Gasteiger partial charge in [-0.15, -0.1) is 5.01 Å². The van der Waals surface area contributed by atoms with Crippen molar-refractivity contribution in [2.75, 3.05) is 7.11 Å². The van der Waals surface area contributed by atoms with Crippen molar-refractivity contribution in [1.82, 2.24) is 10.3 Å². The summed E-state index contributed by atoms with van der Waals surface area (Å²) >= 11 is 0. The Kier molecular flexibility index (Phi) is 3.91. The number of nitrogens with zero attached hydrogens (tertiary/aromatic N) is 2. The number of rotatable bonds is 4. The molecule has 6 heteroatoms. The third kappa shape index (κ3) is 2.58. The lowest BCUT2D eigenvalue weighted by molar-refractivity contribution is -0.131. The number of amides is 3. The first-order valence-corrected chi connectivity index (χ1v) is 9.32. The third-order valence-electron chi connectivity index (χ3n) is 6.67. The number of allylic oxidation sites excluding steroid dienone is 2. The van der Waals surface area contributed by atoms with Gasteiger partial charge in [0.1, 0.15) is 11.3 Å². The molecule has 27 heavy (non-hydrogen) atoms. The van der Waals surface area contributed by atoms with Crippen molar-refractivity contribution in [3.63, 3.8) is 0 Å². The predicted octanol–water partition coefficient (Wildman–Crippen LogP) is 3.44. The quantitative estimate of drug-likeness (QED) is 0.655. The molecule has 2 bridgehead atoms. The van der Waals surface area contributed by atoms with Gasteiger partial charge >= 0.3 is 6.03 Å². The van der Waals surface area contributed by atoms with Crippen LogP contribution in [0.3, 0.4) is 0 Å². The molecular formula is C21H25N3O3. The van der Waals surface area contributed by atoms with Gasteiger partial charge in [0, 0.05) is 0 Å². The van der Waals surface area contributed by atoms with Gasteiger partial charge in [0.2, 0.25) is 0 Å². The van der Waals surface area contributed by atoms with Gasteiger partial charge in [-0.05, 0) is 60.3 Å². The second-order valence-corrected chi connectivity index (χ2v) is 8.39. The van der Waals surface area contributed by atoms with Gasteiger partial charge in [-0.25, -0.2) is 4.79 Å². The number of ether oxygens (including phenoxy) is 1. The standard InChI is InChI=1S/C21H25N3O3/c1-20(2)15-6-5-13(17(20)11-15)12-22-24-18(25)21(3,23-19(24)26)14-7-9-16(27-4)10-8-14/h5,7-10,12,15,17H,6,11H2,1-4H3,(H,23,26)/b22-12+/t15-,17+,21-/m0/s1. The first-order valence-electron chi connectivity index (χ1n) is 9.32. The molecule has 0 unspecified atom stereocenters. The van der Waals surface area contributed by atoms with Gasteiger partial charge in [0.15, 0.2) is 0 Å². The number of urea groups is 1. The van der Waals surface area contributed by atoms with E-state index in [2.05, 4.69) is 30.3 Å². The van der Waals surface area contributed by atoms with Crippen molar-refractivity contribution in [1.29, 1.82) is 0 Å². The van der Waals surface area contributed by atoms with E-state index < -0.39 is 11.6 Å². The summed E-state index contributed by atoms with van der Waals surface area (Å²) in [6.07, 6.45) is 6.08. The maximum absolute atomic E-state index is 13.0. The van der Waals surface area contributed by atoms with Crippen molar-refractivity contribution >= 4 is 18.2 Å². The molecule has 6 nitrogen and oxygen atoms in total. The molecule has 142 valence electrons. The molecular weight excluding hydrogens is 342 g/mol. The number of hydrazone groups is 1. The first kappa shape index (κ1) is 17.8. The Labute approximate surface area is 159 Å². The van der Waals surface area contributed by atoms with E-state index in [1.54, 1.807) is 44.5 Å². The summed E-state index contributed by atoms with van der Waals surface area (Å²) in [5.41, 5.74) is 0.952. The number of carbonyl (C=O) groups excluding carboxylic acids is 2. The summed E-state index contributed by atoms with van der Waals surface area (Å²) in [5, 5.41) is 7.98. The molecule has 1 heterocycles. The third-order valence-corrected chi connectivity index (χ3v) is 6.67. The minimum absolute atomic E-state index is 0.269. The van der Waals surface area contributed by atoms with Crippen LogP contribution in [-0.2, 0) is 10.3 Å². The highest BCUT2D eigenvalue weighted by Gasteiger charge is 2.52. The molecule has 3 amide bonds. The van der Waals surface area contributed by atoms with Crippen LogP contribution in [0.25, 0.3) is 0 Å². The zero-order valence-corrected chi connectivity index (χ0v) is 16.2. The van der Waals surface area contributed by atoms with Gasteiger partial charge in [-0.1, -0.05) is 32.1 Å². The van der Waals surface area contributed by atoms with E-state index in [0.29, 0.717) is 17.2 Å². The SMILES string of the molecule is COc1ccc([C@]2(C)NC(=O)N(/N=C/C3=CC[C@H]4C[C@H]3C4(C)C)C2=O)cc1. The molecule has 0 spiro atoms. The summed E-state index contributed by atoms with van der Waals surface area (Å²) in [6.45, 7) is 6.26. The fourth-order valence-corrected chi connectivity index (χ4v) is 4.52. The van der Waals surface area contributed by atoms with Crippen LogP contribution >= 0.6 is 0 Å². The topological polar surface area (TPSA) is 71.0 Å². The van der Waals surface area contributed by atoms with E-state index in [0.717, 1.165) is 29.3 Å². The monoisotopic (exact) mass is 367 g/mol. The van der Waals surface area contributed by atoms with Gasteiger partial charge in [-0.3, -0.25) is 4.79 Å². The van der Waals surface area contributed by atoms with E-state index in [4.69, 9.17) is 4.74 Å². The zero-order valence-electron chi connectivity index (χ0n) is 16.2. The van der Waals surface area contributed by atoms with Gasteiger partial charge < -0.3 is 10.1 Å². The molecule has 1 N–H and O–H groups in total. The highest BCUT2D eigenvalue weighted by molar-refractivity contribution is 6.07. The van der Waals surface area contributed by atoms with Crippen LogP contribution in [0.2, 0.25) is 0 Å². The number of imide groups is 1. The highest BCUT2D eigenvalue weighted by Crippen LogP contribution is 2.58. The average Bonchev–Trinajstić information content (AvgIpc) is 2.89. The van der Waals surface area contributed by atoms with Crippen LogP contribution in [0, 0.1) is 17.3 Å². The lowest BCUT2D eigenvalue weighted by atomic mass is 9.49. The number of benzene rings is 1. The van der Waals surface area contributed by atoms with Crippen LogP contribution in [-0.4, -0.2) is 30.3 Å². The molecule has 0 aromatic heterocycles. The minimum atomic E-state index is -1.14. The molecule has 1 aliphatic heterocycles. The van der Waals surface area contributed by atoms with E-state index in [9.17, 15) is 9.59 Å². The summed E-state index contributed by atoms with van der Waals surface area (Å²) < 4.78 is 5.16. The van der Waals surface area contributed by atoms with E-state index in [1.165, 1.54) is 0 Å². The fourth-order valence-electron chi connectivity index (χ4n) is 4.52. The van der Waals surface area contributed by atoms with Crippen LogP contribution in [0.5, 0.6) is 5.75 Å². The van der Waals surface area contributed by atoms with Crippen molar-refractivity contribution < 1.29 is 14.3 Å². The molecule has 5 rings (SSSR count). The van der Waals surface area contributed by atoms with Crippen LogP contribution in [0.4, 0.5) is 4.79 Å². The number of carbonyl (C=O) groups is 2. The molecule has 1 saturated heterocycles. The van der Waals surface area contributed by atoms with Gasteiger partial charge in [-0.2, -0.15) is 5.10 Å². The molecule has 3 atom stereocenters. The maximum Gasteiger partial charge on any atom is 0.346 e. The zero-order chi connectivity index (χ0) is 19.4. The number of hydrogen-bond donors (Lipinski definition) is 1. The molecule has 1 aromatic carbocycles. The minimum Gasteiger partial charge on any atom is -0.497 e. The van der Waals surface area contributed by atoms with Crippen molar-refractivity contribution in [3.8, 4) is 5.75 Å². The molecule has 1 saturated carbocycles.